The fourth-order valence-corrected chi connectivity index (χ4v) is 7.58. The van der Waals surface area contributed by atoms with Crippen molar-refractivity contribution in [3.8, 4) is 22.6 Å². The second-order valence-corrected chi connectivity index (χ2v) is 12.8. The van der Waals surface area contributed by atoms with E-state index < -0.39 is 15.3 Å². The van der Waals surface area contributed by atoms with E-state index in [2.05, 4.69) is 0 Å². The van der Waals surface area contributed by atoms with Gasteiger partial charge in [-0.25, -0.2) is 8.42 Å². The molecule has 0 saturated heterocycles. The number of benzene rings is 3. The van der Waals surface area contributed by atoms with Gasteiger partial charge in [0.2, 0.25) is 6.79 Å². The Kier molecular flexibility index (Phi) is 6.31. The number of hydrogen-bond acceptors (Lipinski definition) is 5. The van der Waals surface area contributed by atoms with E-state index in [1.165, 1.54) is 6.42 Å². The zero-order valence-electron chi connectivity index (χ0n) is 20.9. The lowest BCUT2D eigenvalue weighted by molar-refractivity contribution is -0.120. The standard InChI is InChI=1S/C31H32O5S/c32-30(31(15-16-31)26-11-14-28-29(19-26)36-21-35-28)18-23-7-4-8-25(17-23)24-9-12-27(13-10-24)37(33,34)20-22-5-2-1-3-6-22/h4,7-14,17,19,22H,1-3,5-6,15-16,18,20-21H2. The second-order valence-electron chi connectivity index (χ2n) is 10.8. The first-order chi connectivity index (χ1) is 17.9. The van der Waals surface area contributed by atoms with E-state index in [0.717, 1.165) is 66.5 Å². The lowest BCUT2D eigenvalue weighted by Gasteiger charge is -2.21. The maximum atomic E-state index is 13.4. The molecule has 192 valence electrons. The number of fused-ring (bicyclic) bond motifs is 1. The third-order valence-electron chi connectivity index (χ3n) is 8.23. The summed E-state index contributed by atoms with van der Waals surface area (Å²) in [5, 5.41) is 0. The first-order valence-corrected chi connectivity index (χ1v) is 14.9. The number of rotatable bonds is 8. The lowest BCUT2D eigenvalue weighted by Crippen LogP contribution is -2.22. The number of hydrogen-bond donors (Lipinski definition) is 0. The fraction of sp³-hybridized carbons (Fsp3) is 0.387. The molecule has 2 saturated carbocycles. The van der Waals surface area contributed by atoms with Crippen LogP contribution in [0, 0.1) is 5.92 Å². The SMILES string of the molecule is O=C(Cc1cccc(-c2ccc(S(=O)(=O)CC3CCCCC3)cc2)c1)C1(c2ccc3c(c2)OCO3)CC1. The molecule has 0 radical (unpaired) electrons. The summed E-state index contributed by atoms with van der Waals surface area (Å²) in [5.74, 6) is 2.18. The molecule has 5 nitrogen and oxygen atoms in total. The van der Waals surface area contributed by atoms with E-state index in [1.807, 2.05) is 54.6 Å². The van der Waals surface area contributed by atoms with Crippen LogP contribution in [0.25, 0.3) is 11.1 Å². The highest BCUT2D eigenvalue weighted by Crippen LogP contribution is 2.51. The minimum atomic E-state index is -3.28. The zero-order valence-corrected chi connectivity index (χ0v) is 21.8. The van der Waals surface area contributed by atoms with E-state index in [9.17, 15) is 13.2 Å². The van der Waals surface area contributed by atoms with Gasteiger partial charge in [0, 0.05) is 6.42 Å². The monoisotopic (exact) mass is 516 g/mol. The Morgan fingerprint density at radius 3 is 2.35 bits per heavy atom. The van der Waals surface area contributed by atoms with Gasteiger partial charge in [-0.2, -0.15) is 0 Å². The smallest absolute Gasteiger partial charge is 0.231 e. The van der Waals surface area contributed by atoms with Gasteiger partial charge in [0.05, 0.1) is 16.1 Å². The van der Waals surface area contributed by atoms with Gasteiger partial charge >= 0.3 is 0 Å². The van der Waals surface area contributed by atoms with Gasteiger partial charge in [-0.1, -0.05) is 61.7 Å². The van der Waals surface area contributed by atoms with Crippen LogP contribution in [-0.4, -0.2) is 26.7 Å². The number of sulfone groups is 1. The molecule has 0 unspecified atom stereocenters. The minimum absolute atomic E-state index is 0.215. The zero-order chi connectivity index (χ0) is 25.5. The molecular formula is C31H32O5S. The molecule has 2 aliphatic carbocycles. The highest BCUT2D eigenvalue weighted by Gasteiger charge is 2.50. The molecule has 0 spiro atoms. The lowest BCUT2D eigenvalue weighted by atomic mass is 9.87. The molecule has 6 rings (SSSR count). The highest BCUT2D eigenvalue weighted by molar-refractivity contribution is 7.91. The largest absolute Gasteiger partial charge is 0.454 e. The van der Waals surface area contributed by atoms with Crippen LogP contribution in [0.1, 0.15) is 56.1 Å². The van der Waals surface area contributed by atoms with Gasteiger partial charge in [-0.05, 0) is 78.1 Å². The van der Waals surface area contributed by atoms with E-state index >= 15 is 0 Å². The molecule has 3 aromatic rings. The Labute approximate surface area is 218 Å². The molecule has 0 amide bonds. The Balaban J connectivity index is 1.16. The van der Waals surface area contributed by atoms with E-state index in [0.29, 0.717) is 17.1 Å². The maximum absolute atomic E-state index is 13.4. The van der Waals surface area contributed by atoms with Crippen LogP contribution in [-0.2, 0) is 26.5 Å². The first-order valence-electron chi connectivity index (χ1n) is 13.3. The predicted molar refractivity (Wildman–Crippen MR) is 143 cm³/mol. The molecular weight excluding hydrogens is 484 g/mol. The predicted octanol–water partition coefficient (Wildman–Crippen LogP) is 6.28. The van der Waals surface area contributed by atoms with Crippen molar-refractivity contribution in [1.29, 1.82) is 0 Å². The Bertz CT molecular complexity index is 1410. The van der Waals surface area contributed by atoms with Crippen molar-refractivity contribution in [1.82, 2.24) is 0 Å². The number of ether oxygens (including phenoxy) is 2. The van der Waals surface area contributed by atoms with E-state index in [4.69, 9.17) is 9.47 Å². The normalized spacial score (nSPS) is 18.5. The van der Waals surface area contributed by atoms with E-state index in [-0.39, 0.29) is 24.2 Å². The number of carbonyl (C=O) groups excluding carboxylic acids is 1. The van der Waals surface area contributed by atoms with Gasteiger partial charge in [-0.3, -0.25) is 4.79 Å². The van der Waals surface area contributed by atoms with Gasteiger partial charge in [0.1, 0.15) is 5.78 Å². The highest BCUT2D eigenvalue weighted by atomic mass is 32.2. The Hall–Kier alpha value is -3.12. The molecule has 2 fully saturated rings. The quantitative estimate of drug-likeness (QED) is 0.352. The van der Waals surface area contributed by atoms with Crippen molar-refractivity contribution in [2.24, 2.45) is 5.92 Å². The summed E-state index contributed by atoms with van der Waals surface area (Å²) >= 11 is 0. The van der Waals surface area contributed by atoms with Crippen molar-refractivity contribution in [2.75, 3.05) is 12.5 Å². The summed E-state index contributed by atoms with van der Waals surface area (Å²) in [6.45, 7) is 0.222. The first kappa shape index (κ1) is 24.2. The van der Waals surface area contributed by atoms with Gasteiger partial charge in [0.15, 0.2) is 21.3 Å². The molecule has 3 aromatic carbocycles. The van der Waals surface area contributed by atoms with E-state index in [1.54, 1.807) is 12.1 Å². The average Bonchev–Trinajstić information content (AvgIpc) is 3.60. The summed E-state index contributed by atoms with van der Waals surface area (Å²) in [5.41, 5.74) is 3.45. The van der Waals surface area contributed by atoms with Crippen LogP contribution in [0.3, 0.4) is 0 Å². The van der Waals surface area contributed by atoms with Gasteiger partial charge in [0.25, 0.3) is 0 Å². The van der Waals surface area contributed by atoms with Gasteiger partial charge < -0.3 is 9.47 Å². The van der Waals surface area contributed by atoms with Crippen LogP contribution in [0.2, 0.25) is 0 Å². The molecule has 0 bridgehead atoms. The third kappa shape index (κ3) is 4.91. The van der Waals surface area contributed by atoms with Crippen molar-refractivity contribution in [3.05, 3.63) is 77.9 Å². The Morgan fingerprint density at radius 1 is 0.838 bits per heavy atom. The molecule has 1 aliphatic heterocycles. The fourth-order valence-electron chi connectivity index (χ4n) is 5.88. The molecule has 0 atom stereocenters. The summed E-state index contributed by atoms with van der Waals surface area (Å²) in [6.07, 6.45) is 7.57. The summed E-state index contributed by atoms with van der Waals surface area (Å²) < 4.78 is 36.8. The van der Waals surface area contributed by atoms with Crippen LogP contribution in [0.15, 0.2) is 71.6 Å². The molecule has 1 heterocycles. The number of carbonyl (C=O) groups is 1. The summed E-state index contributed by atoms with van der Waals surface area (Å²) in [4.78, 5) is 13.8. The molecule has 37 heavy (non-hydrogen) atoms. The van der Waals surface area contributed by atoms with Gasteiger partial charge in [-0.15, -0.1) is 0 Å². The molecule has 0 aromatic heterocycles. The summed E-state index contributed by atoms with van der Waals surface area (Å²) in [7, 11) is -3.28. The number of Topliss-reactive ketones (excluding diaryl/α,β-unsaturated/α-hetero) is 1. The van der Waals surface area contributed by atoms with Crippen molar-refractivity contribution in [2.45, 2.75) is 61.7 Å². The summed E-state index contributed by atoms with van der Waals surface area (Å²) in [6, 6.07) is 21.0. The average molecular weight is 517 g/mol. The minimum Gasteiger partial charge on any atom is -0.454 e. The van der Waals surface area contributed by atoms with Crippen LogP contribution >= 0.6 is 0 Å². The van der Waals surface area contributed by atoms with Crippen molar-refractivity contribution in [3.63, 3.8) is 0 Å². The van der Waals surface area contributed by atoms with Crippen molar-refractivity contribution < 1.29 is 22.7 Å². The van der Waals surface area contributed by atoms with Crippen molar-refractivity contribution >= 4 is 15.6 Å². The van der Waals surface area contributed by atoms with Crippen LogP contribution < -0.4 is 9.47 Å². The molecule has 3 aliphatic rings. The second kappa shape index (κ2) is 9.64. The van der Waals surface area contributed by atoms with Crippen LogP contribution in [0.4, 0.5) is 0 Å². The maximum Gasteiger partial charge on any atom is 0.231 e. The third-order valence-corrected chi connectivity index (χ3v) is 10.1. The molecule has 6 heteroatoms. The molecule has 0 N–H and O–H groups in total. The topological polar surface area (TPSA) is 69.7 Å². The van der Waals surface area contributed by atoms with Crippen LogP contribution in [0.5, 0.6) is 11.5 Å². The Morgan fingerprint density at radius 2 is 1.59 bits per heavy atom. The number of ketones is 1.